The third-order valence-electron chi connectivity index (χ3n) is 4.35. The number of carboxylic acid groups (broad SMARTS) is 1. The van der Waals surface area contributed by atoms with Crippen LogP contribution >= 0.6 is 0 Å². The van der Waals surface area contributed by atoms with Crippen LogP contribution in [0.3, 0.4) is 0 Å². The Kier molecular flexibility index (Phi) is 11.7. The minimum atomic E-state index is -1.20. The molecule has 4 N–H and O–H groups in total. The van der Waals surface area contributed by atoms with E-state index in [2.05, 4.69) is 20.7 Å². The zero-order chi connectivity index (χ0) is 24.1. The van der Waals surface area contributed by atoms with Gasteiger partial charge >= 0.3 is 12.1 Å². The first-order valence-corrected chi connectivity index (χ1v) is 10.1. The van der Waals surface area contributed by atoms with Gasteiger partial charge in [0, 0.05) is 0 Å². The summed E-state index contributed by atoms with van der Waals surface area (Å²) >= 11 is 0. The van der Waals surface area contributed by atoms with E-state index >= 15 is 0 Å². The summed E-state index contributed by atoms with van der Waals surface area (Å²) in [5.41, 5.74) is 0.783. The molecule has 0 saturated heterocycles. The number of rotatable bonds is 13. The van der Waals surface area contributed by atoms with Crippen LogP contribution in [0, 0.1) is 5.92 Å². The first-order valence-electron chi connectivity index (χ1n) is 10.1. The van der Waals surface area contributed by atoms with Crippen LogP contribution < -0.4 is 16.0 Å². The lowest BCUT2D eigenvalue weighted by Crippen LogP contribution is -2.55. The second-order valence-corrected chi connectivity index (χ2v) is 7.44. The fraction of sp³-hybridized carbons (Fsp3) is 0.524. The van der Waals surface area contributed by atoms with Crippen LogP contribution in [0.4, 0.5) is 9.18 Å². The van der Waals surface area contributed by atoms with Crippen molar-refractivity contribution in [2.45, 2.75) is 51.9 Å². The standard InChI is InChI=1S/C21H30FN3O7/c1-13(2)18(25-21(30)32-10-15-7-5-4-6-8-15)20(29)23-14(3)19(28)24-16(9-17(26)27)11-31-12-22/h4-8,13-14,16,18H,9-12H2,1-3H3,(H,23,29)(H,24,28)(H,25,30)(H,26,27)/t14-,16-,18-/m0/s1. The maximum atomic E-state index is 12.6. The van der Waals surface area contributed by atoms with Gasteiger partial charge in [-0.25, -0.2) is 9.18 Å². The number of hydrogen-bond acceptors (Lipinski definition) is 6. The van der Waals surface area contributed by atoms with Gasteiger partial charge in [-0.15, -0.1) is 0 Å². The van der Waals surface area contributed by atoms with E-state index in [0.29, 0.717) is 0 Å². The number of nitrogens with one attached hydrogen (secondary N) is 3. The molecule has 0 radical (unpaired) electrons. The summed E-state index contributed by atoms with van der Waals surface area (Å²) in [7, 11) is 0. The topological polar surface area (TPSA) is 143 Å². The van der Waals surface area contributed by atoms with Crippen LogP contribution in [0.2, 0.25) is 0 Å². The molecule has 0 fully saturated rings. The summed E-state index contributed by atoms with van der Waals surface area (Å²) in [5, 5.41) is 16.2. The van der Waals surface area contributed by atoms with Crippen molar-refractivity contribution in [3.8, 4) is 0 Å². The van der Waals surface area contributed by atoms with Crippen molar-refractivity contribution in [2.75, 3.05) is 13.5 Å². The van der Waals surface area contributed by atoms with E-state index in [4.69, 9.17) is 9.84 Å². The molecule has 0 bridgehead atoms. The van der Waals surface area contributed by atoms with E-state index in [1.165, 1.54) is 6.92 Å². The summed E-state index contributed by atoms with van der Waals surface area (Å²) in [4.78, 5) is 47.9. The van der Waals surface area contributed by atoms with E-state index in [9.17, 15) is 23.6 Å². The maximum absolute atomic E-state index is 12.6. The number of aliphatic carboxylic acids is 1. The second kappa shape index (κ2) is 14.0. The van der Waals surface area contributed by atoms with Crippen molar-refractivity contribution in [3.63, 3.8) is 0 Å². The molecule has 1 aromatic carbocycles. The molecule has 11 heteroatoms. The highest BCUT2D eigenvalue weighted by atomic mass is 19.1. The zero-order valence-corrected chi connectivity index (χ0v) is 18.3. The van der Waals surface area contributed by atoms with E-state index in [-0.39, 0.29) is 19.1 Å². The lowest BCUT2D eigenvalue weighted by atomic mass is 10.0. The van der Waals surface area contributed by atoms with Gasteiger partial charge in [0.25, 0.3) is 0 Å². The predicted octanol–water partition coefficient (Wildman–Crippen LogP) is 1.35. The highest BCUT2D eigenvalue weighted by molar-refractivity contribution is 5.91. The normalized spacial score (nSPS) is 13.5. The molecule has 0 heterocycles. The van der Waals surface area contributed by atoms with Crippen molar-refractivity contribution in [3.05, 3.63) is 35.9 Å². The Hall–Kier alpha value is -3.21. The zero-order valence-electron chi connectivity index (χ0n) is 18.3. The molecule has 0 aromatic heterocycles. The van der Waals surface area contributed by atoms with Gasteiger partial charge in [-0.2, -0.15) is 0 Å². The minimum absolute atomic E-state index is 0.0316. The highest BCUT2D eigenvalue weighted by Crippen LogP contribution is 2.05. The number of hydrogen-bond donors (Lipinski definition) is 4. The van der Waals surface area contributed by atoms with Gasteiger partial charge in [-0.05, 0) is 18.4 Å². The fourth-order valence-electron chi connectivity index (χ4n) is 2.67. The number of carbonyl (C=O) groups is 4. The number of amides is 3. The Labute approximate surface area is 185 Å². The minimum Gasteiger partial charge on any atom is -0.481 e. The first-order chi connectivity index (χ1) is 15.1. The number of carboxylic acids is 1. The third kappa shape index (κ3) is 10.2. The number of carbonyl (C=O) groups excluding carboxylic acids is 3. The van der Waals surface area contributed by atoms with Crippen LogP contribution in [0.25, 0.3) is 0 Å². The molecule has 178 valence electrons. The SMILES string of the molecule is CC(C)[C@H](NC(=O)OCc1ccccc1)C(=O)N[C@@H](C)C(=O)N[C@H](COCF)CC(=O)O. The number of benzene rings is 1. The molecular weight excluding hydrogens is 425 g/mol. The third-order valence-corrected chi connectivity index (χ3v) is 4.35. The molecule has 1 rings (SSSR count). The molecule has 3 atom stereocenters. The molecule has 0 saturated carbocycles. The molecule has 0 spiro atoms. The quantitative estimate of drug-likeness (QED) is 0.351. The number of alkyl halides is 1. The molecule has 10 nitrogen and oxygen atoms in total. The number of halogens is 1. The molecule has 1 aromatic rings. The van der Waals surface area contributed by atoms with Crippen LogP contribution in [0.15, 0.2) is 30.3 Å². The average Bonchev–Trinajstić information content (AvgIpc) is 2.74. The maximum Gasteiger partial charge on any atom is 0.408 e. The van der Waals surface area contributed by atoms with Crippen LogP contribution in [0.5, 0.6) is 0 Å². The molecule has 0 aliphatic rings. The van der Waals surface area contributed by atoms with Gasteiger partial charge in [-0.3, -0.25) is 14.4 Å². The Morgan fingerprint density at radius 1 is 1.00 bits per heavy atom. The summed E-state index contributed by atoms with van der Waals surface area (Å²) in [6.45, 7) is 3.39. The first kappa shape index (κ1) is 26.8. The van der Waals surface area contributed by atoms with Crippen LogP contribution in [-0.4, -0.2) is 60.6 Å². The van der Waals surface area contributed by atoms with E-state index in [1.807, 2.05) is 6.07 Å². The predicted molar refractivity (Wildman–Crippen MR) is 112 cm³/mol. The summed E-state index contributed by atoms with van der Waals surface area (Å²) < 4.78 is 21.9. The lowest BCUT2D eigenvalue weighted by Gasteiger charge is -2.24. The van der Waals surface area contributed by atoms with Crippen LogP contribution in [0.1, 0.15) is 32.8 Å². The number of alkyl carbamates (subject to hydrolysis) is 1. The van der Waals surface area contributed by atoms with Gasteiger partial charge in [0.15, 0.2) is 6.86 Å². The Morgan fingerprint density at radius 2 is 1.66 bits per heavy atom. The second-order valence-electron chi connectivity index (χ2n) is 7.44. The summed E-state index contributed by atoms with van der Waals surface area (Å²) in [6.07, 6.45) is -1.26. The highest BCUT2D eigenvalue weighted by Gasteiger charge is 2.28. The average molecular weight is 455 g/mol. The Balaban J connectivity index is 2.62. The Bertz CT molecular complexity index is 761. The van der Waals surface area contributed by atoms with Crippen molar-refractivity contribution in [1.29, 1.82) is 0 Å². The molecule has 0 aliphatic heterocycles. The van der Waals surface area contributed by atoms with Gasteiger partial charge < -0.3 is 30.5 Å². The van der Waals surface area contributed by atoms with Crippen molar-refractivity contribution in [2.24, 2.45) is 5.92 Å². The summed E-state index contributed by atoms with van der Waals surface area (Å²) in [5.74, 6) is -2.81. The van der Waals surface area contributed by atoms with Crippen molar-refractivity contribution in [1.82, 2.24) is 16.0 Å². The van der Waals surface area contributed by atoms with Crippen LogP contribution in [-0.2, 0) is 30.5 Å². The van der Waals surface area contributed by atoms with Gasteiger partial charge in [0.1, 0.15) is 18.7 Å². The van der Waals surface area contributed by atoms with Crippen molar-refractivity contribution < 1.29 is 38.1 Å². The van der Waals surface area contributed by atoms with E-state index < -0.39 is 55.3 Å². The fourth-order valence-corrected chi connectivity index (χ4v) is 2.67. The summed E-state index contributed by atoms with van der Waals surface area (Å²) in [6, 6.07) is 6.02. The smallest absolute Gasteiger partial charge is 0.408 e. The molecular formula is C21H30FN3O7. The van der Waals surface area contributed by atoms with Gasteiger partial charge in [0.05, 0.1) is 19.1 Å². The lowest BCUT2D eigenvalue weighted by molar-refractivity contribution is -0.138. The number of ether oxygens (including phenoxy) is 2. The van der Waals surface area contributed by atoms with Gasteiger partial charge in [0.2, 0.25) is 11.8 Å². The molecule has 32 heavy (non-hydrogen) atoms. The molecule has 0 unspecified atom stereocenters. The Morgan fingerprint density at radius 3 is 2.22 bits per heavy atom. The monoisotopic (exact) mass is 455 g/mol. The van der Waals surface area contributed by atoms with Crippen molar-refractivity contribution >= 4 is 23.9 Å². The van der Waals surface area contributed by atoms with E-state index in [1.54, 1.807) is 38.1 Å². The van der Waals surface area contributed by atoms with Gasteiger partial charge in [-0.1, -0.05) is 44.2 Å². The molecule has 0 aliphatic carbocycles. The molecule has 3 amide bonds. The van der Waals surface area contributed by atoms with E-state index in [0.717, 1.165) is 5.56 Å². The largest absolute Gasteiger partial charge is 0.481 e.